The Labute approximate surface area is 101 Å². The summed E-state index contributed by atoms with van der Waals surface area (Å²) in [4.78, 5) is 10.2. The minimum absolute atomic E-state index is 0.109. The third-order valence-corrected chi connectivity index (χ3v) is 2.96. The van der Waals surface area contributed by atoms with Gasteiger partial charge in [-0.05, 0) is 18.9 Å². The van der Waals surface area contributed by atoms with Gasteiger partial charge in [0.1, 0.15) is 18.3 Å². The van der Waals surface area contributed by atoms with Gasteiger partial charge in [-0.2, -0.15) is 0 Å². The molecule has 1 aromatic rings. The Balaban J connectivity index is 2.11. The van der Waals surface area contributed by atoms with Crippen molar-refractivity contribution in [1.82, 2.24) is 15.3 Å². The molecule has 0 bridgehead atoms. The predicted octanol–water partition coefficient (Wildman–Crippen LogP) is -0.688. The first-order chi connectivity index (χ1) is 8.33. The standard InChI is InChI=1S/C11H19N5O/c12-4-6-14-11-9(17)2-1-7-16(11)10-3-5-13-8-15-10/h3,5,8-9,11,14,17H,1-2,4,6-7,12H2. The summed E-state index contributed by atoms with van der Waals surface area (Å²) in [5.74, 6) is 0.841. The lowest BCUT2D eigenvalue weighted by Crippen LogP contribution is -2.57. The van der Waals surface area contributed by atoms with Gasteiger partial charge in [0.2, 0.25) is 0 Å². The minimum Gasteiger partial charge on any atom is -0.390 e. The lowest BCUT2D eigenvalue weighted by atomic mass is 10.0. The lowest BCUT2D eigenvalue weighted by Gasteiger charge is -2.40. The normalized spacial score (nSPS) is 24.9. The fourth-order valence-electron chi connectivity index (χ4n) is 2.16. The number of rotatable bonds is 4. The van der Waals surface area contributed by atoms with Gasteiger partial charge in [0, 0.05) is 25.8 Å². The molecule has 1 aliphatic rings. The Morgan fingerprint density at radius 2 is 2.47 bits per heavy atom. The Bertz CT molecular complexity index is 334. The molecule has 1 saturated heterocycles. The van der Waals surface area contributed by atoms with Gasteiger partial charge in [0.25, 0.3) is 0 Å². The summed E-state index contributed by atoms with van der Waals surface area (Å²) in [6.07, 6.45) is 4.52. The first-order valence-corrected chi connectivity index (χ1v) is 5.97. The van der Waals surface area contributed by atoms with Crippen molar-refractivity contribution in [3.8, 4) is 0 Å². The highest BCUT2D eigenvalue weighted by atomic mass is 16.3. The van der Waals surface area contributed by atoms with Crippen LogP contribution in [-0.2, 0) is 0 Å². The Hall–Kier alpha value is -1.24. The van der Waals surface area contributed by atoms with Gasteiger partial charge in [0.05, 0.1) is 6.10 Å². The van der Waals surface area contributed by atoms with Crippen LogP contribution in [0.2, 0.25) is 0 Å². The molecule has 94 valence electrons. The van der Waals surface area contributed by atoms with Crippen molar-refractivity contribution < 1.29 is 5.11 Å². The first-order valence-electron chi connectivity index (χ1n) is 5.97. The first kappa shape index (κ1) is 12.2. The number of aliphatic hydroxyl groups is 1. The lowest BCUT2D eigenvalue weighted by molar-refractivity contribution is 0.0980. The van der Waals surface area contributed by atoms with Crippen LogP contribution in [0.5, 0.6) is 0 Å². The van der Waals surface area contributed by atoms with Crippen LogP contribution in [0.15, 0.2) is 18.6 Å². The van der Waals surface area contributed by atoms with Gasteiger partial charge in [-0.3, -0.25) is 5.32 Å². The molecule has 0 aliphatic carbocycles. The number of aliphatic hydroxyl groups excluding tert-OH is 1. The number of anilines is 1. The Morgan fingerprint density at radius 1 is 1.59 bits per heavy atom. The van der Waals surface area contributed by atoms with Crippen LogP contribution in [0.1, 0.15) is 12.8 Å². The molecule has 4 N–H and O–H groups in total. The number of nitrogens with two attached hydrogens (primary N) is 1. The molecule has 1 fully saturated rings. The SMILES string of the molecule is NCCNC1C(O)CCCN1c1ccncn1. The highest BCUT2D eigenvalue weighted by Crippen LogP contribution is 2.21. The number of aromatic nitrogens is 2. The summed E-state index contributed by atoms with van der Waals surface area (Å²) < 4.78 is 0. The van der Waals surface area contributed by atoms with E-state index >= 15 is 0 Å². The Kier molecular flexibility index (Phi) is 4.24. The molecule has 2 atom stereocenters. The molecule has 2 rings (SSSR count). The fraction of sp³-hybridized carbons (Fsp3) is 0.636. The number of piperidine rings is 1. The summed E-state index contributed by atoms with van der Waals surface area (Å²) >= 11 is 0. The smallest absolute Gasteiger partial charge is 0.133 e. The largest absolute Gasteiger partial charge is 0.390 e. The van der Waals surface area contributed by atoms with E-state index < -0.39 is 0 Å². The van der Waals surface area contributed by atoms with Crippen LogP contribution in [0.25, 0.3) is 0 Å². The molecule has 17 heavy (non-hydrogen) atoms. The Morgan fingerprint density at radius 3 is 3.18 bits per heavy atom. The maximum atomic E-state index is 10.0. The van der Waals surface area contributed by atoms with Crippen LogP contribution < -0.4 is 16.0 Å². The molecule has 0 amide bonds. The van der Waals surface area contributed by atoms with Crippen LogP contribution in [0.4, 0.5) is 5.82 Å². The molecule has 1 aromatic heterocycles. The number of hydrogen-bond donors (Lipinski definition) is 3. The van der Waals surface area contributed by atoms with Crippen molar-refractivity contribution in [2.24, 2.45) is 5.73 Å². The van der Waals surface area contributed by atoms with Crippen molar-refractivity contribution in [1.29, 1.82) is 0 Å². The summed E-state index contributed by atoms with van der Waals surface area (Å²) in [7, 11) is 0. The molecule has 6 heteroatoms. The fourth-order valence-corrected chi connectivity index (χ4v) is 2.16. The van der Waals surface area contributed by atoms with E-state index in [-0.39, 0.29) is 12.3 Å². The highest BCUT2D eigenvalue weighted by Gasteiger charge is 2.30. The van der Waals surface area contributed by atoms with Gasteiger partial charge in [-0.15, -0.1) is 0 Å². The summed E-state index contributed by atoms with van der Waals surface area (Å²) in [5, 5.41) is 13.3. The molecular formula is C11H19N5O. The second-order valence-corrected chi connectivity index (χ2v) is 4.16. The molecule has 1 aliphatic heterocycles. The molecule has 0 saturated carbocycles. The van der Waals surface area contributed by atoms with E-state index in [0.717, 1.165) is 25.2 Å². The minimum atomic E-state index is -0.384. The molecule has 0 aromatic carbocycles. The van der Waals surface area contributed by atoms with E-state index in [4.69, 9.17) is 5.73 Å². The second-order valence-electron chi connectivity index (χ2n) is 4.16. The third kappa shape index (κ3) is 2.91. The highest BCUT2D eigenvalue weighted by molar-refractivity contribution is 5.38. The molecule has 2 heterocycles. The molecule has 0 spiro atoms. The average Bonchev–Trinajstić information content (AvgIpc) is 2.38. The quantitative estimate of drug-likeness (QED) is 0.642. The number of nitrogens with one attached hydrogen (secondary N) is 1. The zero-order valence-electron chi connectivity index (χ0n) is 9.79. The van der Waals surface area contributed by atoms with Crippen molar-refractivity contribution in [3.63, 3.8) is 0 Å². The van der Waals surface area contributed by atoms with Gasteiger partial charge >= 0.3 is 0 Å². The van der Waals surface area contributed by atoms with E-state index in [0.29, 0.717) is 13.1 Å². The van der Waals surface area contributed by atoms with Crippen molar-refractivity contribution in [3.05, 3.63) is 18.6 Å². The van der Waals surface area contributed by atoms with E-state index in [1.165, 1.54) is 6.33 Å². The van der Waals surface area contributed by atoms with Gasteiger partial charge < -0.3 is 15.7 Å². The second kappa shape index (κ2) is 5.90. The monoisotopic (exact) mass is 237 g/mol. The van der Waals surface area contributed by atoms with Gasteiger partial charge in [-0.25, -0.2) is 9.97 Å². The van der Waals surface area contributed by atoms with Crippen LogP contribution in [0.3, 0.4) is 0 Å². The number of nitrogens with zero attached hydrogens (tertiary/aromatic N) is 3. The van der Waals surface area contributed by atoms with Crippen LogP contribution in [0, 0.1) is 0 Å². The zero-order valence-corrected chi connectivity index (χ0v) is 9.79. The summed E-state index contributed by atoms with van der Waals surface area (Å²) in [6.45, 7) is 2.13. The van der Waals surface area contributed by atoms with E-state index in [1.807, 2.05) is 6.07 Å². The molecule has 0 radical (unpaired) electrons. The summed E-state index contributed by atoms with van der Waals surface area (Å²) in [6, 6.07) is 1.86. The van der Waals surface area contributed by atoms with Crippen LogP contribution in [-0.4, -0.2) is 47.0 Å². The molecule has 2 unspecified atom stereocenters. The molecule has 6 nitrogen and oxygen atoms in total. The predicted molar refractivity (Wildman–Crippen MR) is 65.5 cm³/mol. The maximum Gasteiger partial charge on any atom is 0.133 e. The van der Waals surface area contributed by atoms with Crippen LogP contribution >= 0.6 is 0 Å². The van der Waals surface area contributed by atoms with E-state index in [2.05, 4.69) is 20.2 Å². The average molecular weight is 237 g/mol. The summed E-state index contributed by atoms with van der Waals surface area (Å²) in [5.41, 5.74) is 5.49. The van der Waals surface area contributed by atoms with Crippen molar-refractivity contribution in [2.45, 2.75) is 25.1 Å². The maximum absolute atomic E-state index is 10.0. The van der Waals surface area contributed by atoms with E-state index in [9.17, 15) is 5.11 Å². The zero-order chi connectivity index (χ0) is 12.1. The van der Waals surface area contributed by atoms with Crippen molar-refractivity contribution >= 4 is 5.82 Å². The number of hydrogen-bond acceptors (Lipinski definition) is 6. The van der Waals surface area contributed by atoms with Gasteiger partial charge in [-0.1, -0.05) is 0 Å². The molecular weight excluding hydrogens is 218 g/mol. The van der Waals surface area contributed by atoms with Crippen molar-refractivity contribution in [2.75, 3.05) is 24.5 Å². The topological polar surface area (TPSA) is 87.3 Å². The third-order valence-electron chi connectivity index (χ3n) is 2.96. The van der Waals surface area contributed by atoms with Gasteiger partial charge in [0.15, 0.2) is 0 Å². The van der Waals surface area contributed by atoms with E-state index in [1.54, 1.807) is 6.20 Å².